The van der Waals surface area contributed by atoms with Crippen LogP contribution in [0.15, 0.2) is 42.0 Å². The van der Waals surface area contributed by atoms with Gasteiger partial charge in [0.2, 0.25) is 0 Å². The zero-order chi connectivity index (χ0) is 32.6. The van der Waals surface area contributed by atoms with E-state index in [1.807, 2.05) is 6.07 Å². The first kappa shape index (κ1) is 32.3. The first-order valence-corrected chi connectivity index (χ1v) is 17.3. The lowest BCUT2D eigenvalue weighted by atomic mass is 9.33. The van der Waals surface area contributed by atoms with Crippen molar-refractivity contribution >= 4 is 18.0 Å². The van der Waals surface area contributed by atoms with Crippen LogP contribution in [0.3, 0.4) is 0 Å². The molecule has 1 aromatic carbocycles. The summed E-state index contributed by atoms with van der Waals surface area (Å²) in [5.74, 6) is -0.297. The smallest absolute Gasteiger partial charge is 0.330 e. The van der Waals surface area contributed by atoms with Crippen LogP contribution in [0.25, 0.3) is 6.08 Å². The number of allylic oxidation sites excluding steroid dienone is 1. The van der Waals surface area contributed by atoms with Gasteiger partial charge in [-0.05, 0) is 127 Å². The predicted octanol–water partition coefficient (Wildman–Crippen LogP) is 8.18. The van der Waals surface area contributed by atoms with Crippen molar-refractivity contribution in [3.63, 3.8) is 0 Å². The van der Waals surface area contributed by atoms with Crippen LogP contribution in [0.5, 0.6) is 5.75 Å². The van der Waals surface area contributed by atoms with Gasteiger partial charge in [-0.15, -0.1) is 0 Å². The fourth-order valence-corrected chi connectivity index (χ4v) is 11.8. The molecule has 0 aliphatic heterocycles. The molecular weight excluding hydrogens is 564 g/mol. The standard InChI is InChI=1S/C39H54O6/c1-34(2)18-19-38(33(43)44)20-21-39(24-45-32(42)13-10-25-8-7-9-26(40)22-25)27(28(38)23-34)11-12-30-36(5)16-15-31(41)35(3,4)29(36)14-17-37(30,39)6/h7-11,13,22,28-31,40-41H,12,14-21,23-24H2,1-6H3,(H,43,44)/b13-10+/t28?,29?,30?,31-,36-,37+,38-,39-/m0/s1. The van der Waals surface area contributed by atoms with Crippen molar-refractivity contribution in [1.82, 2.24) is 0 Å². The van der Waals surface area contributed by atoms with E-state index in [2.05, 4.69) is 47.6 Å². The molecule has 6 rings (SSSR count). The molecule has 8 atom stereocenters. The Morgan fingerprint density at radius 3 is 2.40 bits per heavy atom. The molecule has 5 aliphatic carbocycles. The molecule has 6 heteroatoms. The molecule has 3 N–H and O–H groups in total. The first-order chi connectivity index (χ1) is 21.0. The third kappa shape index (κ3) is 4.83. The van der Waals surface area contributed by atoms with Gasteiger partial charge in [0.1, 0.15) is 12.4 Å². The van der Waals surface area contributed by atoms with Gasteiger partial charge in [-0.3, -0.25) is 4.79 Å². The lowest BCUT2D eigenvalue weighted by Crippen LogP contribution is -2.66. The maximum atomic E-state index is 13.3. The number of phenolic OH excluding ortho intramolecular Hbond substituents is 1. The van der Waals surface area contributed by atoms with Crippen molar-refractivity contribution in [3.8, 4) is 5.75 Å². The molecule has 4 saturated carbocycles. The third-order valence-corrected chi connectivity index (χ3v) is 14.5. The zero-order valence-corrected chi connectivity index (χ0v) is 28.2. The average molecular weight is 619 g/mol. The lowest BCUT2D eigenvalue weighted by molar-refractivity contribution is -0.217. The number of carboxylic acid groups (broad SMARTS) is 1. The minimum atomic E-state index is -0.773. The topological polar surface area (TPSA) is 104 Å². The number of ether oxygens (including phenoxy) is 1. The fourth-order valence-electron chi connectivity index (χ4n) is 11.8. The van der Waals surface area contributed by atoms with Gasteiger partial charge >= 0.3 is 11.9 Å². The maximum absolute atomic E-state index is 13.3. The fraction of sp³-hybridized carbons (Fsp3) is 0.692. The maximum Gasteiger partial charge on any atom is 0.330 e. The van der Waals surface area contributed by atoms with Gasteiger partial charge < -0.3 is 20.1 Å². The molecule has 0 aromatic heterocycles. The summed E-state index contributed by atoms with van der Waals surface area (Å²) in [4.78, 5) is 26.5. The second kappa shape index (κ2) is 10.7. The summed E-state index contributed by atoms with van der Waals surface area (Å²) in [6, 6.07) is 6.77. The van der Waals surface area contributed by atoms with Crippen LogP contribution in [0.2, 0.25) is 0 Å². The molecule has 0 saturated heterocycles. The number of carbonyl (C=O) groups is 2. The Hall–Kier alpha value is -2.60. The molecular formula is C39H54O6. The number of carboxylic acids is 1. The van der Waals surface area contributed by atoms with Crippen LogP contribution in [0.4, 0.5) is 0 Å². The Labute approximate surface area is 269 Å². The van der Waals surface area contributed by atoms with E-state index in [1.54, 1.807) is 24.3 Å². The van der Waals surface area contributed by atoms with E-state index >= 15 is 0 Å². The first-order valence-electron chi connectivity index (χ1n) is 17.3. The largest absolute Gasteiger partial charge is 0.508 e. The quantitative estimate of drug-likeness (QED) is 0.175. The summed E-state index contributed by atoms with van der Waals surface area (Å²) in [5, 5.41) is 31.7. The summed E-state index contributed by atoms with van der Waals surface area (Å²) < 4.78 is 6.24. The number of aliphatic carboxylic acids is 1. The Morgan fingerprint density at radius 1 is 0.956 bits per heavy atom. The second-order valence-corrected chi connectivity index (χ2v) is 17.3. The molecule has 5 aliphatic rings. The average Bonchev–Trinajstić information content (AvgIpc) is 2.96. The normalized spacial score (nSPS) is 41.5. The van der Waals surface area contributed by atoms with Crippen molar-refractivity contribution in [3.05, 3.63) is 47.6 Å². The SMILES string of the molecule is CC1(C)CC[C@]2(C(=O)O)CC[C@]3(COC(=O)/C=C/c4cccc(O)c4)C(=CCC4[C@@]5(C)CC[C@H](O)C(C)(C)C5CC[C@]43C)C2C1. The van der Waals surface area contributed by atoms with E-state index in [0.717, 1.165) is 50.5 Å². The summed E-state index contributed by atoms with van der Waals surface area (Å²) in [6.07, 6.45) is 13.6. The van der Waals surface area contributed by atoms with Crippen LogP contribution in [-0.2, 0) is 14.3 Å². The van der Waals surface area contributed by atoms with Gasteiger partial charge in [0.15, 0.2) is 0 Å². The van der Waals surface area contributed by atoms with E-state index in [9.17, 15) is 24.9 Å². The lowest BCUT2D eigenvalue weighted by Gasteiger charge is -2.71. The van der Waals surface area contributed by atoms with Crippen molar-refractivity contribution in [2.75, 3.05) is 6.61 Å². The molecule has 0 bridgehead atoms. The molecule has 0 spiro atoms. The number of carbonyl (C=O) groups excluding carboxylic acids is 1. The molecule has 1 aromatic rings. The Kier molecular flexibility index (Phi) is 7.70. The number of aromatic hydroxyl groups is 1. The predicted molar refractivity (Wildman–Crippen MR) is 175 cm³/mol. The highest BCUT2D eigenvalue weighted by Crippen LogP contribution is 2.76. The number of esters is 1. The minimum absolute atomic E-state index is 0.0250. The van der Waals surface area contributed by atoms with Crippen molar-refractivity contribution in [2.45, 2.75) is 112 Å². The molecule has 45 heavy (non-hydrogen) atoms. The van der Waals surface area contributed by atoms with Gasteiger partial charge in [0.05, 0.1) is 11.5 Å². The van der Waals surface area contributed by atoms with Gasteiger partial charge in [0.25, 0.3) is 0 Å². The van der Waals surface area contributed by atoms with Gasteiger partial charge in [-0.25, -0.2) is 4.79 Å². The highest BCUT2D eigenvalue weighted by atomic mass is 16.5. The number of fused-ring (bicyclic) bond motifs is 7. The van der Waals surface area contributed by atoms with Crippen molar-refractivity contribution < 1.29 is 29.6 Å². The van der Waals surface area contributed by atoms with Crippen LogP contribution in [-0.4, -0.2) is 40.0 Å². The molecule has 246 valence electrons. The van der Waals surface area contributed by atoms with Crippen LogP contribution in [0, 0.1) is 50.2 Å². The van der Waals surface area contributed by atoms with Gasteiger partial charge in [0, 0.05) is 11.5 Å². The molecule has 4 fully saturated rings. The number of hydrogen-bond acceptors (Lipinski definition) is 5. The molecule has 6 nitrogen and oxygen atoms in total. The van der Waals surface area contributed by atoms with Crippen molar-refractivity contribution in [2.24, 2.45) is 50.2 Å². The molecule has 0 heterocycles. The number of phenols is 1. The van der Waals surface area contributed by atoms with Crippen molar-refractivity contribution in [1.29, 1.82) is 0 Å². The summed E-state index contributed by atoms with van der Waals surface area (Å²) in [7, 11) is 0. The van der Waals surface area contributed by atoms with E-state index < -0.39 is 22.8 Å². The highest BCUT2D eigenvalue weighted by molar-refractivity contribution is 5.87. The van der Waals surface area contributed by atoms with Gasteiger partial charge in [-0.2, -0.15) is 0 Å². The minimum Gasteiger partial charge on any atom is -0.508 e. The molecule has 0 radical (unpaired) electrons. The Morgan fingerprint density at radius 2 is 1.69 bits per heavy atom. The Balaban J connectivity index is 1.41. The Bertz CT molecular complexity index is 1420. The summed E-state index contributed by atoms with van der Waals surface area (Å²) >= 11 is 0. The van der Waals surface area contributed by atoms with Crippen LogP contribution < -0.4 is 0 Å². The van der Waals surface area contributed by atoms with E-state index in [0.29, 0.717) is 31.1 Å². The zero-order valence-electron chi connectivity index (χ0n) is 28.2. The van der Waals surface area contributed by atoms with E-state index in [1.165, 1.54) is 11.6 Å². The number of aliphatic hydroxyl groups is 1. The molecule has 3 unspecified atom stereocenters. The second-order valence-electron chi connectivity index (χ2n) is 17.3. The number of rotatable bonds is 5. The van der Waals surface area contributed by atoms with E-state index in [-0.39, 0.29) is 46.0 Å². The van der Waals surface area contributed by atoms with Gasteiger partial charge in [-0.1, -0.05) is 65.3 Å². The summed E-state index contributed by atoms with van der Waals surface area (Å²) in [5.41, 5.74) is 0.452. The van der Waals surface area contributed by atoms with Crippen LogP contribution in [0.1, 0.15) is 111 Å². The number of benzene rings is 1. The number of aliphatic hydroxyl groups excluding tert-OH is 1. The summed E-state index contributed by atoms with van der Waals surface area (Å²) in [6.45, 7) is 14.2. The van der Waals surface area contributed by atoms with Crippen LogP contribution >= 0.6 is 0 Å². The third-order valence-electron chi connectivity index (χ3n) is 14.5. The highest BCUT2D eigenvalue weighted by Gasteiger charge is 2.70. The monoisotopic (exact) mass is 618 g/mol. The number of hydrogen-bond donors (Lipinski definition) is 3. The van der Waals surface area contributed by atoms with E-state index in [4.69, 9.17) is 4.74 Å². The molecule has 0 amide bonds.